The van der Waals surface area contributed by atoms with E-state index in [2.05, 4.69) is 26.0 Å². The molecule has 0 aromatic carbocycles. The molecule has 23 heavy (non-hydrogen) atoms. The van der Waals surface area contributed by atoms with Crippen molar-refractivity contribution in [3.05, 3.63) is 18.7 Å². The standard InChI is InChI=1S/C18H30N4O/c23-18(5-3-10-22-9-2-1-4-16(18)22)13-20-12-17(6-7-17)14-21-11-8-19-15-21/h8,11,15-16,20,23H,1-7,9-10,12-14H2/t16-,18-/m1/s1. The number of hydrogen-bond acceptors (Lipinski definition) is 4. The Morgan fingerprint density at radius 1 is 1.13 bits per heavy atom. The molecule has 1 aromatic rings. The van der Waals surface area contributed by atoms with Crippen LogP contribution in [0.15, 0.2) is 18.7 Å². The van der Waals surface area contributed by atoms with Crippen LogP contribution in [0.5, 0.6) is 0 Å². The van der Waals surface area contributed by atoms with E-state index >= 15 is 0 Å². The number of aromatic nitrogens is 2. The Morgan fingerprint density at radius 3 is 2.78 bits per heavy atom. The van der Waals surface area contributed by atoms with Gasteiger partial charge in [-0.3, -0.25) is 4.90 Å². The Kier molecular flexibility index (Phi) is 4.20. The van der Waals surface area contributed by atoms with Crippen LogP contribution in [0.4, 0.5) is 0 Å². The normalized spacial score (nSPS) is 33.3. The number of imidazole rings is 1. The number of aliphatic hydroxyl groups is 1. The second-order valence-corrected chi connectivity index (χ2v) is 8.09. The smallest absolute Gasteiger partial charge is 0.0946 e. The molecule has 0 amide bonds. The van der Waals surface area contributed by atoms with Gasteiger partial charge in [-0.2, -0.15) is 0 Å². The average molecular weight is 318 g/mol. The Balaban J connectivity index is 1.31. The summed E-state index contributed by atoms with van der Waals surface area (Å²) in [6, 6.07) is 0.376. The predicted octanol–water partition coefficient (Wildman–Crippen LogP) is 1.63. The molecule has 2 N–H and O–H groups in total. The van der Waals surface area contributed by atoms with Crippen molar-refractivity contribution in [1.82, 2.24) is 19.8 Å². The molecule has 2 saturated heterocycles. The van der Waals surface area contributed by atoms with E-state index in [1.165, 1.54) is 45.2 Å². The van der Waals surface area contributed by atoms with Crippen molar-refractivity contribution in [2.24, 2.45) is 5.41 Å². The molecule has 0 bridgehead atoms. The molecule has 1 aliphatic carbocycles. The molecule has 0 unspecified atom stereocenters. The molecule has 0 spiro atoms. The molecule has 0 radical (unpaired) electrons. The molecular weight excluding hydrogens is 288 g/mol. The maximum absolute atomic E-state index is 11.2. The topological polar surface area (TPSA) is 53.3 Å². The van der Waals surface area contributed by atoms with Gasteiger partial charge in [-0.25, -0.2) is 4.98 Å². The molecule has 3 aliphatic rings. The van der Waals surface area contributed by atoms with Gasteiger partial charge in [0.1, 0.15) is 0 Å². The van der Waals surface area contributed by atoms with Crippen molar-refractivity contribution in [1.29, 1.82) is 0 Å². The van der Waals surface area contributed by atoms with E-state index in [9.17, 15) is 5.11 Å². The molecule has 128 valence electrons. The number of nitrogens with one attached hydrogen (secondary N) is 1. The van der Waals surface area contributed by atoms with Gasteiger partial charge in [-0.1, -0.05) is 6.42 Å². The van der Waals surface area contributed by atoms with Gasteiger partial charge in [0.15, 0.2) is 0 Å². The Hall–Kier alpha value is -0.910. The molecule has 3 heterocycles. The minimum Gasteiger partial charge on any atom is -0.387 e. The van der Waals surface area contributed by atoms with E-state index in [0.717, 1.165) is 32.5 Å². The first-order chi connectivity index (χ1) is 11.2. The lowest BCUT2D eigenvalue weighted by Gasteiger charge is -2.49. The van der Waals surface area contributed by atoms with Crippen molar-refractivity contribution in [2.45, 2.75) is 63.1 Å². The van der Waals surface area contributed by atoms with Gasteiger partial charge in [-0.05, 0) is 51.6 Å². The van der Waals surface area contributed by atoms with E-state index < -0.39 is 5.60 Å². The number of nitrogens with zero attached hydrogens (tertiary/aromatic N) is 3. The number of hydrogen-bond donors (Lipinski definition) is 2. The third-order valence-corrected chi connectivity index (χ3v) is 6.25. The fourth-order valence-electron chi connectivity index (χ4n) is 4.71. The summed E-state index contributed by atoms with van der Waals surface area (Å²) in [4.78, 5) is 6.68. The van der Waals surface area contributed by atoms with Gasteiger partial charge in [0, 0.05) is 43.5 Å². The van der Waals surface area contributed by atoms with Crippen molar-refractivity contribution in [2.75, 3.05) is 26.2 Å². The van der Waals surface area contributed by atoms with Crippen LogP contribution in [0.1, 0.15) is 44.9 Å². The summed E-state index contributed by atoms with van der Waals surface area (Å²) in [6.45, 7) is 5.17. The minimum atomic E-state index is -0.524. The molecule has 1 saturated carbocycles. The monoisotopic (exact) mass is 318 g/mol. The average Bonchev–Trinajstić information content (AvgIpc) is 3.11. The molecule has 5 heteroatoms. The zero-order valence-corrected chi connectivity index (χ0v) is 14.1. The third-order valence-electron chi connectivity index (χ3n) is 6.25. The first-order valence-corrected chi connectivity index (χ1v) is 9.32. The lowest BCUT2D eigenvalue weighted by atomic mass is 9.79. The summed E-state index contributed by atoms with van der Waals surface area (Å²) in [5, 5.41) is 14.9. The highest BCUT2D eigenvalue weighted by atomic mass is 16.3. The SMILES string of the molecule is O[C@@]1(CNCC2(Cn3ccnc3)CC2)CCCN2CCCC[C@@H]21. The molecule has 5 nitrogen and oxygen atoms in total. The molecule has 3 fully saturated rings. The Labute approximate surface area is 139 Å². The number of rotatable bonds is 6. The first kappa shape index (κ1) is 15.6. The van der Waals surface area contributed by atoms with E-state index in [1.54, 1.807) is 0 Å². The van der Waals surface area contributed by atoms with Crippen LogP contribution in [0, 0.1) is 5.41 Å². The largest absolute Gasteiger partial charge is 0.387 e. The highest BCUT2D eigenvalue weighted by Crippen LogP contribution is 2.46. The highest BCUT2D eigenvalue weighted by molar-refractivity contribution is 5.01. The van der Waals surface area contributed by atoms with Gasteiger partial charge in [-0.15, -0.1) is 0 Å². The lowest BCUT2D eigenvalue weighted by Crippen LogP contribution is -2.62. The number of fused-ring (bicyclic) bond motifs is 1. The molecular formula is C18H30N4O. The molecule has 1 aromatic heterocycles. The van der Waals surface area contributed by atoms with Crippen LogP contribution in [-0.2, 0) is 6.54 Å². The minimum absolute atomic E-state index is 0.376. The van der Waals surface area contributed by atoms with Crippen molar-refractivity contribution in [3.8, 4) is 0 Å². The summed E-state index contributed by atoms with van der Waals surface area (Å²) < 4.78 is 2.19. The number of piperidine rings is 2. The van der Waals surface area contributed by atoms with E-state index in [4.69, 9.17) is 0 Å². The summed E-state index contributed by atoms with van der Waals surface area (Å²) >= 11 is 0. The summed E-state index contributed by atoms with van der Waals surface area (Å²) in [5.74, 6) is 0. The zero-order chi connectivity index (χ0) is 15.8. The van der Waals surface area contributed by atoms with Gasteiger partial charge < -0.3 is 15.0 Å². The second kappa shape index (κ2) is 6.19. The van der Waals surface area contributed by atoms with Gasteiger partial charge in [0.25, 0.3) is 0 Å². The van der Waals surface area contributed by atoms with Crippen LogP contribution >= 0.6 is 0 Å². The lowest BCUT2D eigenvalue weighted by molar-refractivity contribution is -0.0922. The van der Waals surface area contributed by atoms with E-state index in [1.807, 2.05) is 12.5 Å². The van der Waals surface area contributed by atoms with Crippen LogP contribution in [0.3, 0.4) is 0 Å². The maximum atomic E-state index is 11.2. The maximum Gasteiger partial charge on any atom is 0.0946 e. The third kappa shape index (κ3) is 3.32. The second-order valence-electron chi connectivity index (χ2n) is 8.09. The summed E-state index contributed by atoms with van der Waals surface area (Å²) in [6.07, 6.45) is 14.2. The first-order valence-electron chi connectivity index (χ1n) is 9.32. The molecule has 2 atom stereocenters. The van der Waals surface area contributed by atoms with E-state index in [-0.39, 0.29) is 0 Å². The predicted molar refractivity (Wildman–Crippen MR) is 90.2 cm³/mol. The van der Waals surface area contributed by atoms with Crippen LogP contribution in [0.25, 0.3) is 0 Å². The molecule has 2 aliphatic heterocycles. The fourth-order valence-corrected chi connectivity index (χ4v) is 4.71. The Morgan fingerprint density at radius 2 is 2.00 bits per heavy atom. The van der Waals surface area contributed by atoms with Crippen molar-refractivity contribution >= 4 is 0 Å². The highest BCUT2D eigenvalue weighted by Gasteiger charge is 2.46. The van der Waals surface area contributed by atoms with Crippen LogP contribution < -0.4 is 5.32 Å². The zero-order valence-electron chi connectivity index (χ0n) is 14.1. The van der Waals surface area contributed by atoms with Crippen molar-refractivity contribution < 1.29 is 5.11 Å². The van der Waals surface area contributed by atoms with Crippen molar-refractivity contribution in [3.63, 3.8) is 0 Å². The fraction of sp³-hybridized carbons (Fsp3) is 0.833. The Bertz CT molecular complexity index is 511. The van der Waals surface area contributed by atoms with Gasteiger partial charge >= 0.3 is 0 Å². The van der Waals surface area contributed by atoms with Gasteiger partial charge in [0.05, 0.1) is 11.9 Å². The summed E-state index contributed by atoms with van der Waals surface area (Å²) in [5.41, 5.74) is -0.137. The molecule has 4 rings (SSSR count). The summed E-state index contributed by atoms with van der Waals surface area (Å²) in [7, 11) is 0. The van der Waals surface area contributed by atoms with Crippen LogP contribution in [-0.4, -0.2) is 57.4 Å². The van der Waals surface area contributed by atoms with E-state index in [0.29, 0.717) is 11.5 Å². The van der Waals surface area contributed by atoms with Crippen LogP contribution in [0.2, 0.25) is 0 Å². The van der Waals surface area contributed by atoms with Gasteiger partial charge in [0.2, 0.25) is 0 Å². The quantitative estimate of drug-likeness (QED) is 0.837.